The molecule has 0 aliphatic heterocycles. The van der Waals surface area contributed by atoms with Crippen molar-refractivity contribution in [3.05, 3.63) is 89.8 Å². The molecule has 1 N–H and O–H groups in total. The standard InChI is InChI=1S/C23H17FN6O/c1-25-22(31)18-6-5-16(11-19(18)24)21-13-28-23-27-12-17(30(23)29-21)10-14-4-7-20-15(9-14)3-2-8-26-20/h2-9,11-13H,10H2,1H3,(H,25,31). The van der Waals surface area contributed by atoms with Gasteiger partial charge in [0.15, 0.2) is 0 Å². The fourth-order valence-electron chi connectivity index (χ4n) is 3.51. The van der Waals surface area contributed by atoms with Gasteiger partial charge in [-0.15, -0.1) is 0 Å². The van der Waals surface area contributed by atoms with Gasteiger partial charge in [-0.2, -0.15) is 5.10 Å². The highest BCUT2D eigenvalue weighted by molar-refractivity contribution is 5.94. The molecule has 0 bridgehead atoms. The molecule has 0 atom stereocenters. The summed E-state index contributed by atoms with van der Waals surface area (Å²) in [6.45, 7) is 0. The lowest BCUT2D eigenvalue weighted by Gasteiger charge is -2.07. The predicted octanol–water partition coefficient (Wildman–Crippen LogP) is 3.43. The summed E-state index contributed by atoms with van der Waals surface area (Å²) in [5.74, 6) is -0.633. The van der Waals surface area contributed by atoms with Crippen molar-refractivity contribution in [3.63, 3.8) is 0 Å². The number of nitrogens with zero attached hydrogens (tertiary/aromatic N) is 5. The summed E-state index contributed by atoms with van der Waals surface area (Å²) < 4.78 is 16.0. The molecule has 0 unspecified atom stereocenters. The van der Waals surface area contributed by atoms with Crippen LogP contribution in [-0.4, -0.2) is 37.5 Å². The summed E-state index contributed by atoms with van der Waals surface area (Å²) in [6.07, 6.45) is 5.66. The van der Waals surface area contributed by atoms with E-state index in [-0.39, 0.29) is 5.56 Å². The third-order valence-corrected chi connectivity index (χ3v) is 5.09. The normalized spacial score (nSPS) is 11.2. The highest BCUT2D eigenvalue weighted by Gasteiger charge is 2.14. The summed E-state index contributed by atoms with van der Waals surface area (Å²) in [6, 6.07) is 14.4. The maximum Gasteiger partial charge on any atom is 0.253 e. The Balaban J connectivity index is 1.51. The predicted molar refractivity (Wildman–Crippen MR) is 114 cm³/mol. The van der Waals surface area contributed by atoms with E-state index in [0.717, 1.165) is 22.2 Å². The number of halogens is 1. The topological polar surface area (TPSA) is 85.1 Å². The van der Waals surface area contributed by atoms with Crippen LogP contribution in [0.1, 0.15) is 21.6 Å². The van der Waals surface area contributed by atoms with Gasteiger partial charge in [0.1, 0.15) is 11.5 Å². The van der Waals surface area contributed by atoms with Crippen LogP contribution in [0.5, 0.6) is 0 Å². The number of amides is 1. The highest BCUT2D eigenvalue weighted by Crippen LogP contribution is 2.21. The highest BCUT2D eigenvalue weighted by atomic mass is 19.1. The van der Waals surface area contributed by atoms with Crippen LogP contribution in [0.25, 0.3) is 27.9 Å². The molecule has 0 spiro atoms. The minimum atomic E-state index is -0.616. The van der Waals surface area contributed by atoms with Crippen molar-refractivity contribution in [2.24, 2.45) is 0 Å². The number of fused-ring (bicyclic) bond motifs is 2. The summed E-state index contributed by atoms with van der Waals surface area (Å²) in [5, 5.41) is 8.09. The third-order valence-electron chi connectivity index (χ3n) is 5.09. The molecule has 0 saturated carbocycles. The van der Waals surface area contributed by atoms with Crippen LogP contribution >= 0.6 is 0 Å². The summed E-state index contributed by atoms with van der Waals surface area (Å²) in [4.78, 5) is 24.8. The second-order valence-corrected chi connectivity index (χ2v) is 7.09. The Labute approximate surface area is 176 Å². The van der Waals surface area contributed by atoms with Gasteiger partial charge in [0.05, 0.1) is 29.2 Å². The average molecular weight is 412 g/mol. The number of nitrogens with one attached hydrogen (secondary N) is 1. The Morgan fingerprint density at radius 2 is 1.94 bits per heavy atom. The lowest BCUT2D eigenvalue weighted by atomic mass is 10.1. The van der Waals surface area contributed by atoms with E-state index >= 15 is 0 Å². The van der Waals surface area contributed by atoms with E-state index in [0.29, 0.717) is 23.5 Å². The number of pyridine rings is 1. The van der Waals surface area contributed by atoms with Gasteiger partial charge < -0.3 is 5.32 Å². The first kappa shape index (κ1) is 18.8. The molecule has 3 aromatic heterocycles. The molecule has 5 aromatic rings. The second-order valence-electron chi connectivity index (χ2n) is 7.09. The van der Waals surface area contributed by atoms with Crippen molar-refractivity contribution in [1.82, 2.24) is 29.9 Å². The summed E-state index contributed by atoms with van der Waals surface area (Å²) >= 11 is 0. The molecule has 7 nitrogen and oxygen atoms in total. The van der Waals surface area contributed by atoms with Crippen molar-refractivity contribution in [2.75, 3.05) is 7.05 Å². The van der Waals surface area contributed by atoms with Crippen LogP contribution in [0.4, 0.5) is 4.39 Å². The zero-order valence-corrected chi connectivity index (χ0v) is 16.6. The molecular weight excluding hydrogens is 395 g/mol. The van der Waals surface area contributed by atoms with E-state index < -0.39 is 11.7 Å². The number of rotatable bonds is 4. The zero-order chi connectivity index (χ0) is 21.4. The van der Waals surface area contributed by atoms with Crippen LogP contribution in [-0.2, 0) is 6.42 Å². The third kappa shape index (κ3) is 3.48. The van der Waals surface area contributed by atoms with Crippen molar-refractivity contribution in [2.45, 2.75) is 6.42 Å². The SMILES string of the molecule is CNC(=O)c1ccc(-c2cnc3ncc(Cc4ccc5ncccc5c4)n3n2)cc1F. The molecule has 2 aromatic carbocycles. The minimum absolute atomic E-state index is 0.0191. The zero-order valence-electron chi connectivity index (χ0n) is 16.6. The molecule has 0 radical (unpaired) electrons. The lowest BCUT2D eigenvalue weighted by Crippen LogP contribution is -2.19. The molecule has 1 amide bonds. The molecule has 0 aliphatic rings. The fourth-order valence-corrected chi connectivity index (χ4v) is 3.51. The van der Waals surface area contributed by atoms with Gasteiger partial charge in [-0.3, -0.25) is 9.78 Å². The first-order chi connectivity index (χ1) is 15.1. The van der Waals surface area contributed by atoms with Gasteiger partial charge in [0.25, 0.3) is 11.7 Å². The first-order valence-electron chi connectivity index (χ1n) is 9.68. The number of hydrogen-bond acceptors (Lipinski definition) is 5. The van der Waals surface area contributed by atoms with Crippen LogP contribution in [0, 0.1) is 5.82 Å². The molecule has 8 heteroatoms. The van der Waals surface area contributed by atoms with Crippen molar-refractivity contribution < 1.29 is 9.18 Å². The van der Waals surface area contributed by atoms with Crippen LogP contribution < -0.4 is 5.32 Å². The maximum atomic E-state index is 14.4. The first-order valence-corrected chi connectivity index (χ1v) is 9.68. The fraction of sp³-hybridized carbons (Fsp3) is 0.0870. The summed E-state index contributed by atoms with van der Waals surface area (Å²) in [5.41, 5.74) is 3.88. The second kappa shape index (κ2) is 7.56. The van der Waals surface area contributed by atoms with Gasteiger partial charge >= 0.3 is 0 Å². The van der Waals surface area contributed by atoms with E-state index in [9.17, 15) is 9.18 Å². The van der Waals surface area contributed by atoms with Crippen LogP contribution in [0.3, 0.4) is 0 Å². The van der Waals surface area contributed by atoms with E-state index in [1.807, 2.05) is 24.3 Å². The van der Waals surface area contributed by atoms with Gasteiger partial charge in [0.2, 0.25) is 0 Å². The molecule has 0 fully saturated rings. The Morgan fingerprint density at radius 1 is 1.06 bits per heavy atom. The van der Waals surface area contributed by atoms with E-state index in [1.54, 1.807) is 29.2 Å². The number of carbonyl (C=O) groups excluding carboxylic acids is 1. The Morgan fingerprint density at radius 3 is 2.77 bits per heavy atom. The van der Waals surface area contributed by atoms with Gasteiger partial charge in [-0.25, -0.2) is 18.9 Å². The average Bonchev–Trinajstić information content (AvgIpc) is 3.20. The molecule has 152 valence electrons. The lowest BCUT2D eigenvalue weighted by molar-refractivity contribution is 0.0959. The van der Waals surface area contributed by atoms with Crippen molar-refractivity contribution >= 4 is 22.6 Å². The van der Waals surface area contributed by atoms with Crippen LogP contribution in [0.15, 0.2) is 67.1 Å². The molecule has 31 heavy (non-hydrogen) atoms. The van der Waals surface area contributed by atoms with E-state index in [4.69, 9.17) is 0 Å². The smallest absolute Gasteiger partial charge is 0.253 e. The van der Waals surface area contributed by atoms with Crippen molar-refractivity contribution in [1.29, 1.82) is 0 Å². The van der Waals surface area contributed by atoms with E-state index in [1.165, 1.54) is 19.2 Å². The molecular formula is C23H17FN6O. The Bertz CT molecular complexity index is 1450. The molecule has 5 rings (SSSR count). The Kier molecular flexibility index (Phi) is 4.59. The quantitative estimate of drug-likeness (QED) is 0.489. The number of hydrogen-bond donors (Lipinski definition) is 1. The maximum absolute atomic E-state index is 14.4. The monoisotopic (exact) mass is 412 g/mol. The van der Waals surface area contributed by atoms with E-state index in [2.05, 4.69) is 31.4 Å². The van der Waals surface area contributed by atoms with Gasteiger partial charge in [0, 0.05) is 30.6 Å². The van der Waals surface area contributed by atoms with Gasteiger partial charge in [-0.1, -0.05) is 18.2 Å². The van der Waals surface area contributed by atoms with Gasteiger partial charge in [-0.05, 0) is 35.9 Å². The number of aromatic nitrogens is 5. The number of imidazole rings is 1. The largest absolute Gasteiger partial charge is 0.355 e. The molecule has 0 aliphatic carbocycles. The molecule has 3 heterocycles. The molecule has 0 saturated heterocycles. The van der Waals surface area contributed by atoms with Crippen molar-refractivity contribution in [3.8, 4) is 11.3 Å². The number of carbonyl (C=O) groups is 1. The van der Waals surface area contributed by atoms with Crippen LogP contribution in [0.2, 0.25) is 0 Å². The minimum Gasteiger partial charge on any atom is -0.355 e. The Hall–Kier alpha value is -4.20. The summed E-state index contributed by atoms with van der Waals surface area (Å²) in [7, 11) is 1.46. The number of benzene rings is 2.